The lowest BCUT2D eigenvalue weighted by Gasteiger charge is -2.42. The smallest absolute Gasteiger partial charge is 0.289 e. The number of hydrogen-bond acceptors (Lipinski definition) is 1. The van der Waals surface area contributed by atoms with Crippen LogP contribution in [0.3, 0.4) is 0 Å². The van der Waals surface area contributed by atoms with Crippen molar-refractivity contribution in [2.75, 3.05) is 6.54 Å². The van der Waals surface area contributed by atoms with E-state index in [1.54, 1.807) is 12.1 Å². The first-order valence-corrected chi connectivity index (χ1v) is 11.5. The Hall–Kier alpha value is -1.08. The molecule has 0 saturated carbocycles. The molecule has 0 spiro atoms. The Morgan fingerprint density at radius 2 is 1.62 bits per heavy atom. The van der Waals surface area contributed by atoms with Gasteiger partial charge >= 0.3 is 6.18 Å². The SMILES string of the molecule is CC(C)CC[C@@H](c1ccc(I)cc1)N1CCCC[C@@H]1c1ccc(C(F)(F)F)cc1. The first kappa shape index (κ1) is 22.6. The van der Waals surface area contributed by atoms with Crippen LogP contribution in [0.1, 0.15) is 74.7 Å². The molecule has 1 fully saturated rings. The van der Waals surface area contributed by atoms with Crippen LogP contribution in [0.15, 0.2) is 48.5 Å². The van der Waals surface area contributed by atoms with Crippen LogP contribution in [-0.4, -0.2) is 11.4 Å². The number of halogens is 4. The van der Waals surface area contributed by atoms with Crippen molar-refractivity contribution in [1.29, 1.82) is 0 Å². The summed E-state index contributed by atoms with van der Waals surface area (Å²) in [5.41, 5.74) is 1.74. The zero-order chi connectivity index (χ0) is 21.0. The van der Waals surface area contributed by atoms with Crippen molar-refractivity contribution in [1.82, 2.24) is 4.90 Å². The minimum atomic E-state index is -4.29. The standard InChI is InChI=1S/C24H29F3IN/c1-17(2)6-15-23(19-9-13-21(28)14-10-19)29-16-4-3-5-22(29)18-7-11-20(12-8-18)24(25,26)27/h7-14,17,22-23H,3-6,15-16H2,1-2H3/t22-,23+/m1/s1. The molecular formula is C24H29F3IN. The van der Waals surface area contributed by atoms with E-state index < -0.39 is 11.7 Å². The summed E-state index contributed by atoms with van der Waals surface area (Å²) in [5, 5.41) is 0. The largest absolute Gasteiger partial charge is 0.416 e. The maximum absolute atomic E-state index is 13.0. The third-order valence-corrected chi connectivity index (χ3v) is 6.56. The normalized spacial score (nSPS) is 19.5. The number of nitrogens with zero attached hydrogens (tertiary/aromatic N) is 1. The Bertz CT molecular complexity index is 768. The summed E-state index contributed by atoms with van der Waals surface area (Å²) < 4.78 is 40.2. The van der Waals surface area contributed by atoms with Crippen molar-refractivity contribution < 1.29 is 13.2 Å². The van der Waals surface area contributed by atoms with Gasteiger partial charge in [-0.3, -0.25) is 4.90 Å². The van der Waals surface area contributed by atoms with Gasteiger partial charge in [-0.25, -0.2) is 0 Å². The van der Waals surface area contributed by atoms with E-state index in [0.29, 0.717) is 12.0 Å². The molecule has 0 amide bonds. The summed E-state index contributed by atoms with van der Waals surface area (Å²) in [6, 6.07) is 15.0. The van der Waals surface area contributed by atoms with Crippen LogP contribution in [0.25, 0.3) is 0 Å². The monoisotopic (exact) mass is 515 g/mol. The van der Waals surface area contributed by atoms with Gasteiger partial charge in [0.2, 0.25) is 0 Å². The molecule has 2 atom stereocenters. The number of hydrogen-bond donors (Lipinski definition) is 0. The first-order valence-electron chi connectivity index (χ1n) is 10.4. The van der Waals surface area contributed by atoms with Crippen molar-refractivity contribution >= 4 is 22.6 Å². The minimum absolute atomic E-state index is 0.169. The van der Waals surface area contributed by atoms with Crippen molar-refractivity contribution in [2.45, 2.75) is 64.2 Å². The van der Waals surface area contributed by atoms with Gasteiger partial charge in [-0.1, -0.05) is 44.5 Å². The summed E-state index contributed by atoms with van der Waals surface area (Å²) in [5.74, 6) is 0.621. The van der Waals surface area contributed by atoms with Gasteiger partial charge in [-0.15, -0.1) is 0 Å². The Balaban J connectivity index is 1.90. The minimum Gasteiger partial charge on any atom is -0.289 e. The highest BCUT2D eigenvalue weighted by Crippen LogP contribution is 2.41. The van der Waals surface area contributed by atoms with E-state index in [4.69, 9.17) is 0 Å². The van der Waals surface area contributed by atoms with Gasteiger partial charge in [0, 0.05) is 15.7 Å². The third kappa shape index (κ3) is 5.97. The van der Waals surface area contributed by atoms with Gasteiger partial charge in [-0.2, -0.15) is 13.2 Å². The van der Waals surface area contributed by atoms with E-state index in [-0.39, 0.29) is 6.04 Å². The van der Waals surface area contributed by atoms with Gasteiger partial charge in [0.05, 0.1) is 5.56 Å². The predicted molar refractivity (Wildman–Crippen MR) is 121 cm³/mol. The number of benzene rings is 2. The summed E-state index contributed by atoms with van der Waals surface area (Å²) in [7, 11) is 0. The van der Waals surface area contributed by atoms with Gasteiger partial charge in [0.1, 0.15) is 0 Å². The number of alkyl halides is 3. The average molecular weight is 515 g/mol. The second-order valence-electron chi connectivity index (χ2n) is 8.41. The third-order valence-electron chi connectivity index (χ3n) is 5.84. The molecule has 0 radical (unpaired) electrons. The number of rotatable bonds is 6. The van der Waals surface area contributed by atoms with Crippen molar-refractivity contribution in [2.24, 2.45) is 5.92 Å². The molecule has 0 N–H and O–H groups in total. The Morgan fingerprint density at radius 1 is 0.966 bits per heavy atom. The summed E-state index contributed by atoms with van der Waals surface area (Å²) in [4.78, 5) is 2.54. The Labute approximate surface area is 185 Å². The van der Waals surface area contributed by atoms with Crippen LogP contribution in [-0.2, 0) is 6.18 Å². The number of piperidine rings is 1. The number of likely N-dealkylation sites (tertiary alicyclic amines) is 1. The van der Waals surface area contributed by atoms with Crippen LogP contribution in [0, 0.1) is 9.49 Å². The lowest BCUT2D eigenvalue weighted by molar-refractivity contribution is -0.137. The molecule has 1 heterocycles. The van der Waals surface area contributed by atoms with Crippen LogP contribution >= 0.6 is 22.6 Å². The quantitative estimate of drug-likeness (QED) is 0.352. The van der Waals surface area contributed by atoms with Crippen molar-refractivity contribution in [3.8, 4) is 0 Å². The van der Waals surface area contributed by atoms with E-state index in [9.17, 15) is 13.2 Å². The molecule has 0 bridgehead atoms. The molecule has 1 nitrogen and oxygen atoms in total. The molecule has 2 aromatic rings. The topological polar surface area (TPSA) is 3.24 Å². The van der Waals surface area contributed by atoms with Gasteiger partial charge in [0.25, 0.3) is 0 Å². The second kappa shape index (κ2) is 9.82. The highest BCUT2D eigenvalue weighted by atomic mass is 127. The molecule has 2 aromatic carbocycles. The lowest BCUT2D eigenvalue weighted by Crippen LogP contribution is -2.37. The van der Waals surface area contributed by atoms with Crippen LogP contribution in [0.2, 0.25) is 0 Å². The van der Waals surface area contributed by atoms with Crippen LogP contribution < -0.4 is 0 Å². The van der Waals surface area contributed by atoms with Gasteiger partial charge in [-0.05, 0) is 96.1 Å². The van der Waals surface area contributed by atoms with E-state index in [1.165, 1.54) is 21.3 Å². The highest BCUT2D eigenvalue weighted by molar-refractivity contribution is 14.1. The zero-order valence-electron chi connectivity index (χ0n) is 17.1. The molecule has 1 aliphatic heterocycles. The fraction of sp³-hybridized carbons (Fsp3) is 0.500. The maximum Gasteiger partial charge on any atom is 0.416 e. The fourth-order valence-corrected chi connectivity index (χ4v) is 4.64. The van der Waals surface area contributed by atoms with Crippen LogP contribution in [0.5, 0.6) is 0 Å². The maximum atomic E-state index is 13.0. The first-order chi connectivity index (χ1) is 13.8. The summed E-state index contributed by atoms with van der Waals surface area (Å²) in [6.07, 6.45) is 1.16. The van der Waals surface area contributed by atoms with Gasteiger partial charge in [0.15, 0.2) is 0 Å². The molecular weight excluding hydrogens is 486 g/mol. The average Bonchev–Trinajstić information content (AvgIpc) is 2.69. The van der Waals surface area contributed by atoms with E-state index in [2.05, 4.69) is 65.6 Å². The lowest BCUT2D eigenvalue weighted by atomic mass is 9.88. The molecule has 1 aliphatic rings. The summed E-state index contributed by atoms with van der Waals surface area (Å²) >= 11 is 2.32. The zero-order valence-corrected chi connectivity index (χ0v) is 19.2. The van der Waals surface area contributed by atoms with Crippen LogP contribution in [0.4, 0.5) is 13.2 Å². The molecule has 158 valence electrons. The predicted octanol–water partition coefficient (Wildman–Crippen LogP) is 8.01. The van der Waals surface area contributed by atoms with E-state index in [1.807, 2.05) is 0 Å². The summed E-state index contributed by atoms with van der Waals surface area (Å²) in [6.45, 7) is 5.48. The highest BCUT2D eigenvalue weighted by Gasteiger charge is 2.33. The molecule has 29 heavy (non-hydrogen) atoms. The fourth-order valence-electron chi connectivity index (χ4n) is 4.28. The van der Waals surface area contributed by atoms with Crippen molar-refractivity contribution in [3.05, 3.63) is 68.8 Å². The van der Waals surface area contributed by atoms with E-state index >= 15 is 0 Å². The Morgan fingerprint density at radius 3 is 2.21 bits per heavy atom. The molecule has 1 saturated heterocycles. The van der Waals surface area contributed by atoms with Gasteiger partial charge < -0.3 is 0 Å². The Kier molecular flexibility index (Phi) is 7.65. The molecule has 0 aromatic heterocycles. The molecule has 0 aliphatic carbocycles. The van der Waals surface area contributed by atoms with Crippen molar-refractivity contribution in [3.63, 3.8) is 0 Å². The second-order valence-corrected chi connectivity index (χ2v) is 9.65. The van der Waals surface area contributed by atoms with E-state index in [0.717, 1.165) is 44.2 Å². The molecule has 5 heteroatoms. The molecule has 0 unspecified atom stereocenters. The molecule has 3 rings (SSSR count).